The SMILES string of the molecule is O=C(NOC1CCOCC12CCCC2)[C@@H]1CC[C@@H]2CN1C(=O)N2OS. The van der Waals surface area contributed by atoms with Gasteiger partial charge in [0.05, 0.1) is 18.8 Å². The molecule has 3 aliphatic heterocycles. The number of carbonyl (C=O) groups is 2. The van der Waals surface area contributed by atoms with Gasteiger partial charge in [0.2, 0.25) is 0 Å². The Bertz CT molecular complexity index is 542. The Hall–Kier alpha value is -1.03. The first kappa shape index (κ1) is 17.4. The normalized spacial score (nSPS) is 34.0. The van der Waals surface area contributed by atoms with E-state index in [0.717, 1.165) is 19.3 Å². The molecule has 0 radical (unpaired) electrons. The van der Waals surface area contributed by atoms with Crippen LogP contribution in [0.25, 0.3) is 0 Å². The summed E-state index contributed by atoms with van der Waals surface area (Å²) in [7, 11) is 0. The molecule has 3 atom stereocenters. The van der Waals surface area contributed by atoms with Gasteiger partial charge in [-0.2, -0.15) is 5.06 Å². The smallest absolute Gasteiger partial charge is 0.345 e. The Morgan fingerprint density at radius 1 is 1.28 bits per heavy atom. The molecule has 8 nitrogen and oxygen atoms in total. The van der Waals surface area contributed by atoms with Crippen molar-refractivity contribution in [2.24, 2.45) is 5.41 Å². The third-order valence-corrected chi connectivity index (χ3v) is 6.39. The van der Waals surface area contributed by atoms with Crippen LogP contribution in [0.1, 0.15) is 44.9 Å². The van der Waals surface area contributed by atoms with Crippen LogP contribution in [0.5, 0.6) is 0 Å². The maximum absolute atomic E-state index is 12.6. The molecule has 1 aliphatic carbocycles. The van der Waals surface area contributed by atoms with Crippen molar-refractivity contribution in [3.63, 3.8) is 0 Å². The fourth-order valence-corrected chi connectivity index (χ4v) is 5.01. The Morgan fingerprint density at radius 3 is 2.84 bits per heavy atom. The van der Waals surface area contributed by atoms with E-state index >= 15 is 0 Å². The van der Waals surface area contributed by atoms with E-state index in [2.05, 4.69) is 18.4 Å². The van der Waals surface area contributed by atoms with E-state index < -0.39 is 6.04 Å². The molecule has 0 aromatic rings. The number of urea groups is 1. The third kappa shape index (κ3) is 3.01. The highest BCUT2D eigenvalue weighted by Crippen LogP contribution is 2.45. The second-order valence-corrected chi connectivity index (χ2v) is 7.74. The molecule has 4 rings (SSSR count). The quantitative estimate of drug-likeness (QED) is 0.444. The summed E-state index contributed by atoms with van der Waals surface area (Å²) in [6.45, 7) is 1.85. The van der Waals surface area contributed by atoms with E-state index in [1.807, 2.05) is 0 Å². The number of nitrogens with one attached hydrogen (secondary N) is 1. The molecule has 0 aromatic carbocycles. The van der Waals surface area contributed by atoms with E-state index in [0.29, 0.717) is 32.6 Å². The summed E-state index contributed by atoms with van der Waals surface area (Å²) in [4.78, 5) is 32.3. The summed E-state index contributed by atoms with van der Waals surface area (Å²) in [6, 6.07) is -0.861. The predicted octanol–water partition coefficient (Wildman–Crippen LogP) is 1.43. The minimum atomic E-state index is -0.517. The van der Waals surface area contributed by atoms with Crippen LogP contribution in [0.15, 0.2) is 0 Å². The van der Waals surface area contributed by atoms with E-state index in [1.165, 1.54) is 17.9 Å². The number of hydrogen-bond donors (Lipinski definition) is 2. The van der Waals surface area contributed by atoms with Crippen LogP contribution in [0, 0.1) is 5.41 Å². The zero-order valence-electron chi connectivity index (χ0n) is 14.2. The molecular formula is C16H25N3O5S. The standard InChI is InChI=1S/C16H25N3O5S/c20-14(12-4-3-11-9-18(12)15(21)19(11)24-25)17-23-13-5-8-22-10-16(13)6-1-2-7-16/h11-13,25H,1-10H2,(H,17,20)/t11-,12+,13?/m1/s1. The van der Waals surface area contributed by atoms with Gasteiger partial charge < -0.3 is 9.64 Å². The first-order chi connectivity index (χ1) is 12.1. The summed E-state index contributed by atoms with van der Waals surface area (Å²) in [5.74, 6) is -0.257. The zero-order valence-corrected chi connectivity index (χ0v) is 15.1. The lowest BCUT2D eigenvalue weighted by molar-refractivity contribution is -0.173. The highest BCUT2D eigenvalue weighted by atomic mass is 32.1. The fourth-order valence-electron chi connectivity index (χ4n) is 4.80. The summed E-state index contributed by atoms with van der Waals surface area (Å²) < 4.78 is 10.5. The summed E-state index contributed by atoms with van der Waals surface area (Å²) in [5.41, 5.74) is 2.67. The van der Waals surface area contributed by atoms with Crippen LogP contribution in [-0.2, 0) is 18.7 Å². The van der Waals surface area contributed by atoms with E-state index in [-0.39, 0.29) is 29.5 Å². The Morgan fingerprint density at radius 2 is 2.08 bits per heavy atom. The maximum atomic E-state index is 12.6. The average Bonchev–Trinajstić information content (AvgIpc) is 3.18. The maximum Gasteiger partial charge on any atom is 0.345 e. The van der Waals surface area contributed by atoms with Crippen molar-refractivity contribution < 1.29 is 23.4 Å². The lowest BCUT2D eigenvalue weighted by Crippen LogP contribution is -2.52. The highest BCUT2D eigenvalue weighted by molar-refractivity contribution is 7.75. The van der Waals surface area contributed by atoms with Crippen LogP contribution in [0.4, 0.5) is 4.79 Å². The molecule has 25 heavy (non-hydrogen) atoms. The molecule has 1 saturated carbocycles. The topological polar surface area (TPSA) is 80.3 Å². The number of amides is 3. The van der Waals surface area contributed by atoms with Crippen LogP contribution in [0.3, 0.4) is 0 Å². The van der Waals surface area contributed by atoms with E-state index in [9.17, 15) is 9.59 Å². The molecule has 4 aliphatic rings. The molecule has 9 heteroatoms. The highest BCUT2D eigenvalue weighted by Gasteiger charge is 2.49. The molecule has 140 valence electrons. The second-order valence-electron chi connectivity index (χ2n) is 7.57. The molecule has 1 unspecified atom stereocenters. The number of carbonyl (C=O) groups excluding carboxylic acids is 2. The van der Waals surface area contributed by atoms with E-state index in [4.69, 9.17) is 13.9 Å². The molecule has 0 aromatic heterocycles. The number of hydroxylamine groups is 3. The largest absolute Gasteiger partial charge is 0.381 e. The number of fused-ring (bicyclic) bond motifs is 2. The monoisotopic (exact) mass is 371 g/mol. The molecular weight excluding hydrogens is 346 g/mol. The van der Waals surface area contributed by atoms with Crippen molar-refractivity contribution in [3.8, 4) is 0 Å². The lowest BCUT2D eigenvalue weighted by Gasteiger charge is -2.40. The molecule has 3 heterocycles. The summed E-state index contributed by atoms with van der Waals surface area (Å²) in [5, 5.41) is 1.24. The number of nitrogens with zero attached hydrogens (tertiary/aromatic N) is 2. The minimum absolute atomic E-state index is 0.0180. The number of rotatable bonds is 4. The van der Waals surface area contributed by atoms with Gasteiger partial charge in [-0.1, -0.05) is 12.8 Å². The van der Waals surface area contributed by atoms with Crippen LogP contribution >= 0.6 is 12.9 Å². The molecule has 2 bridgehead atoms. The van der Waals surface area contributed by atoms with Gasteiger partial charge in [0.1, 0.15) is 6.04 Å². The van der Waals surface area contributed by atoms with Crippen molar-refractivity contribution in [3.05, 3.63) is 0 Å². The van der Waals surface area contributed by atoms with Gasteiger partial charge in [0, 0.05) is 37.9 Å². The van der Waals surface area contributed by atoms with E-state index in [1.54, 1.807) is 4.90 Å². The minimum Gasteiger partial charge on any atom is -0.381 e. The van der Waals surface area contributed by atoms with Crippen molar-refractivity contribution in [2.75, 3.05) is 19.8 Å². The molecule has 4 fully saturated rings. The average molecular weight is 371 g/mol. The molecule has 3 amide bonds. The van der Waals surface area contributed by atoms with Gasteiger partial charge in [-0.25, -0.2) is 14.6 Å². The molecule has 1 spiro atoms. The van der Waals surface area contributed by atoms with Gasteiger partial charge in [0.25, 0.3) is 5.91 Å². The van der Waals surface area contributed by atoms with Gasteiger partial charge in [-0.05, 0) is 25.7 Å². The second kappa shape index (κ2) is 6.94. The Balaban J connectivity index is 1.37. The lowest BCUT2D eigenvalue weighted by atomic mass is 9.78. The van der Waals surface area contributed by atoms with Crippen molar-refractivity contribution in [2.45, 2.75) is 63.1 Å². The zero-order chi connectivity index (χ0) is 17.4. The Labute approximate surface area is 152 Å². The predicted molar refractivity (Wildman–Crippen MR) is 90.2 cm³/mol. The number of ether oxygens (including phenoxy) is 1. The third-order valence-electron chi connectivity index (χ3n) is 6.21. The van der Waals surface area contributed by atoms with Crippen LogP contribution < -0.4 is 5.48 Å². The van der Waals surface area contributed by atoms with Crippen molar-refractivity contribution in [1.82, 2.24) is 15.4 Å². The van der Waals surface area contributed by atoms with Crippen LogP contribution in [-0.4, -0.2) is 59.8 Å². The fraction of sp³-hybridized carbons (Fsp3) is 0.875. The van der Waals surface area contributed by atoms with Gasteiger partial charge in [-0.3, -0.25) is 9.63 Å². The number of piperidine rings is 1. The summed E-state index contributed by atoms with van der Waals surface area (Å²) >= 11 is 3.74. The summed E-state index contributed by atoms with van der Waals surface area (Å²) in [6.07, 6.45) is 6.61. The first-order valence-electron chi connectivity index (χ1n) is 9.09. The van der Waals surface area contributed by atoms with Gasteiger partial charge in [0.15, 0.2) is 0 Å². The molecule has 3 saturated heterocycles. The van der Waals surface area contributed by atoms with Gasteiger partial charge >= 0.3 is 6.03 Å². The van der Waals surface area contributed by atoms with Crippen molar-refractivity contribution in [1.29, 1.82) is 0 Å². The number of thiol groups is 1. The van der Waals surface area contributed by atoms with Gasteiger partial charge in [-0.15, -0.1) is 0 Å². The number of hydrogen-bond acceptors (Lipinski definition) is 6. The first-order valence-corrected chi connectivity index (χ1v) is 9.46. The van der Waals surface area contributed by atoms with Crippen LogP contribution in [0.2, 0.25) is 0 Å². The Kier molecular flexibility index (Phi) is 4.83. The van der Waals surface area contributed by atoms with Crippen molar-refractivity contribution >= 4 is 24.8 Å². The molecule has 1 N–H and O–H groups in total.